The Morgan fingerprint density at radius 1 is 0.955 bits per heavy atom. The van der Waals surface area contributed by atoms with Gasteiger partial charge in [0.2, 0.25) is 0 Å². The van der Waals surface area contributed by atoms with Crippen LogP contribution in [-0.2, 0) is 4.79 Å². The van der Waals surface area contributed by atoms with E-state index in [0.29, 0.717) is 17.1 Å². The average molecular weight is 303 g/mol. The van der Waals surface area contributed by atoms with E-state index in [9.17, 15) is 4.79 Å². The van der Waals surface area contributed by atoms with Gasteiger partial charge in [-0.05, 0) is 68.1 Å². The second-order valence-electron chi connectivity index (χ2n) is 8.38. The van der Waals surface area contributed by atoms with E-state index in [2.05, 4.69) is 19.9 Å². The van der Waals surface area contributed by atoms with E-state index in [1.807, 2.05) is 13.8 Å². The molecular formula is C21H34O. The Morgan fingerprint density at radius 3 is 2.45 bits per heavy atom. The summed E-state index contributed by atoms with van der Waals surface area (Å²) < 4.78 is 0. The van der Waals surface area contributed by atoms with Crippen LogP contribution in [0.25, 0.3) is 0 Å². The van der Waals surface area contributed by atoms with Gasteiger partial charge in [0.15, 0.2) is 0 Å². The van der Waals surface area contributed by atoms with Gasteiger partial charge in [0, 0.05) is 11.8 Å². The largest absolute Gasteiger partial charge is 0.299 e. The Morgan fingerprint density at radius 2 is 1.68 bits per heavy atom. The second kappa shape index (κ2) is 5.80. The third-order valence-corrected chi connectivity index (χ3v) is 7.73. The predicted molar refractivity (Wildman–Crippen MR) is 92.7 cm³/mol. The van der Waals surface area contributed by atoms with Crippen LogP contribution in [0.3, 0.4) is 0 Å². The SMILES string of the molecule is CC.CC12CCC3C(CC=C4CCCCC43C)C1CCC2=O. The van der Waals surface area contributed by atoms with Gasteiger partial charge in [-0.1, -0.05) is 45.8 Å². The summed E-state index contributed by atoms with van der Waals surface area (Å²) in [5.41, 5.74) is 2.30. The molecule has 22 heavy (non-hydrogen) atoms. The maximum atomic E-state index is 12.4. The van der Waals surface area contributed by atoms with E-state index in [0.717, 1.165) is 18.3 Å². The van der Waals surface area contributed by atoms with Gasteiger partial charge in [0.25, 0.3) is 0 Å². The molecule has 5 atom stereocenters. The molecule has 0 aliphatic heterocycles. The smallest absolute Gasteiger partial charge is 0.139 e. The standard InChI is InChI=1S/C19H28O.C2H6/c1-18-11-4-3-5-13(18)6-7-14-15-8-9-17(20)19(15,2)12-10-16(14)18;1-2/h6,14-16H,3-5,7-12H2,1-2H3;1-2H3. The topological polar surface area (TPSA) is 17.1 Å². The van der Waals surface area contributed by atoms with E-state index in [4.69, 9.17) is 0 Å². The Kier molecular flexibility index (Phi) is 4.29. The fourth-order valence-electron chi connectivity index (χ4n) is 6.47. The lowest BCUT2D eigenvalue weighted by atomic mass is 9.48. The lowest BCUT2D eigenvalue weighted by molar-refractivity contribution is -0.131. The molecule has 0 aromatic rings. The summed E-state index contributed by atoms with van der Waals surface area (Å²) in [6, 6.07) is 0. The van der Waals surface area contributed by atoms with Gasteiger partial charge in [0.05, 0.1) is 0 Å². The lowest BCUT2D eigenvalue weighted by Crippen LogP contribution is -2.49. The molecule has 0 aromatic carbocycles. The first-order chi connectivity index (χ1) is 10.6. The van der Waals surface area contributed by atoms with Crippen molar-refractivity contribution in [1.29, 1.82) is 0 Å². The number of rotatable bonds is 0. The van der Waals surface area contributed by atoms with Crippen molar-refractivity contribution < 1.29 is 4.79 Å². The zero-order valence-corrected chi connectivity index (χ0v) is 15.1. The van der Waals surface area contributed by atoms with Crippen molar-refractivity contribution in [3.05, 3.63) is 11.6 Å². The zero-order chi connectivity index (χ0) is 16.0. The number of allylic oxidation sites excluding steroid dienone is 2. The highest BCUT2D eigenvalue weighted by Crippen LogP contribution is 2.63. The molecule has 0 heterocycles. The number of carbonyl (C=O) groups excluding carboxylic acids is 1. The maximum Gasteiger partial charge on any atom is 0.139 e. The minimum atomic E-state index is 0.0392. The molecule has 3 saturated carbocycles. The number of carbonyl (C=O) groups is 1. The van der Waals surface area contributed by atoms with Crippen LogP contribution in [0.5, 0.6) is 0 Å². The van der Waals surface area contributed by atoms with Crippen LogP contribution in [0, 0.1) is 28.6 Å². The van der Waals surface area contributed by atoms with Crippen LogP contribution >= 0.6 is 0 Å². The minimum Gasteiger partial charge on any atom is -0.299 e. The van der Waals surface area contributed by atoms with Crippen molar-refractivity contribution in [2.75, 3.05) is 0 Å². The third-order valence-electron chi connectivity index (χ3n) is 7.73. The molecule has 0 aromatic heterocycles. The van der Waals surface area contributed by atoms with Crippen molar-refractivity contribution in [3.63, 3.8) is 0 Å². The fourth-order valence-corrected chi connectivity index (χ4v) is 6.47. The predicted octanol–water partition coefficient (Wildman–Crippen LogP) is 5.93. The fraction of sp³-hybridized carbons (Fsp3) is 0.857. The molecule has 1 nitrogen and oxygen atoms in total. The number of ketones is 1. The minimum absolute atomic E-state index is 0.0392. The molecule has 0 amide bonds. The third kappa shape index (κ3) is 2.14. The first-order valence-corrected chi connectivity index (χ1v) is 9.78. The molecule has 0 saturated heterocycles. The highest BCUT2D eigenvalue weighted by Gasteiger charge is 2.58. The van der Waals surface area contributed by atoms with E-state index in [1.54, 1.807) is 5.57 Å². The van der Waals surface area contributed by atoms with Crippen LogP contribution in [0.1, 0.15) is 85.5 Å². The molecule has 0 bridgehead atoms. The molecule has 0 radical (unpaired) electrons. The van der Waals surface area contributed by atoms with Crippen molar-refractivity contribution in [2.45, 2.75) is 85.5 Å². The van der Waals surface area contributed by atoms with Gasteiger partial charge >= 0.3 is 0 Å². The summed E-state index contributed by atoms with van der Waals surface area (Å²) in [5, 5.41) is 0. The van der Waals surface area contributed by atoms with Crippen molar-refractivity contribution in [2.24, 2.45) is 28.6 Å². The Balaban J connectivity index is 0.000000693. The maximum absolute atomic E-state index is 12.4. The Bertz CT molecular complexity index is 476. The van der Waals surface area contributed by atoms with Gasteiger partial charge in [-0.15, -0.1) is 0 Å². The van der Waals surface area contributed by atoms with E-state index >= 15 is 0 Å². The number of Topliss-reactive ketones (excluding diaryl/α,β-unsaturated/α-hetero) is 1. The zero-order valence-electron chi connectivity index (χ0n) is 15.1. The van der Waals surface area contributed by atoms with Gasteiger partial charge in [-0.2, -0.15) is 0 Å². The summed E-state index contributed by atoms with van der Waals surface area (Å²) >= 11 is 0. The van der Waals surface area contributed by atoms with Crippen LogP contribution in [0.4, 0.5) is 0 Å². The van der Waals surface area contributed by atoms with E-state index in [1.165, 1.54) is 51.4 Å². The number of fused-ring (bicyclic) bond motifs is 5. The van der Waals surface area contributed by atoms with Gasteiger partial charge < -0.3 is 0 Å². The average Bonchev–Trinajstić information content (AvgIpc) is 2.84. The summed E-state index contributed by atoms with van der Waals surface area (Å²) in [6.45, 7) is 8.83. The summed E-state index contributed by atoms with van der Waals surface area (Å²) in [5.74, 6) is 2.92. The van der Waals surface area contributed by atoms with E-state index < -0.39 is 0 Å². The van der Waals surface area contributed by atoms with Gasteiger partial charge in [-0.3, -0.25) is 4.79 Å². The molecule has 4 aliphatic rings. The molecule has 4 rings (SSSR count). The van der Waals surface area contributed by atoms with Gasteiger partial charge in [0.1, 0.15) is 5.78 Å². The van der Waals surface area contributed by atoms with Crippen LogP contribution < -0.4 is 0 Å². The molecule has 3 fully saturated rings. The van der Waals surface area contributed by atoms with Crippen molar-refractivity contribution in [1.82, 2.24) is 0 Å². The second-order valence-corrected chi connectivity index (χ2v) is 8.38. The van der Waals surface area contributed by atoms with Crippen molar-refractivity contribution >= 4 is 5.78 Å². The summed E-state index contributed by atoms with van der Waals surface area (Å²) in [6.07, 6.45) is 13.9. The molecule has 124 valence electrons. The quantitative estimate of drug-likeness (QED) is 0.506. The normalized spacial score (nSPS) is 46.6. The van der Waals surface area contributed by atoms with E-state index in [-0.39, 0.29) is 5.41 Å². The highest BCUT2D eigenvalue weighted by atomic mass is 16.1. The molecule has 1 heteroatoms. The first-order valence-electron chi connectivity index (χ1n) is 9.78. The molecular weight excluding hydrogens is 268 g/mol. The van der Waals surface area contributed by atoms with Crippen molar-refractivity contribution in [3.8, 4) is 0 Å². The molecule has 4 aliphatic carbocycles. The van der Waals surface area contributed by atoms with Crippen LogP contribution in [-0.4, -0.2) is 5.78 Å². The van der Waals surface area contributed by atoms with Gasteiger partial charge in [-0.25, -0.2) is 0 Å². The summed E-state index contributed by atoms with van der Waals surface area (Å²) in [7, 11) is 0. The number of hydrogen-bond donors (Lipinski definition) is 0. The summed E-state index contributed by atoms with van der Waals surface area (Å²) in [4.78, 5) is 12.4. The van der Waals surface area contributed by atoms with Crippen LogP contribution in [0.15, 0.2) is 11.6 Å². The lowest BCUT2D eigenvalue weighted by Gasteiger charge is -2.56. The molecule has 0 N–H and O–H groups in total. The number of hydrogen-bond acceptors (Lipinski definition) is 1. The van der Waals surface area contributed by atoms with Crippen LogP contribution in [0.2, 0.25) is 0 Å². The first kappa shape index (κ1) is 16.3. The molecule has 5 unspecified atom stereocenters. The Labute approximate surface area is 136 Å². The molecule has 0 spiro atoms. The highest BCUT2D eigenvalue weighted by molar-refractivity contribution is 5.87. The monoisotopic (exact) mass is 302 g/mol. The Hall–Kier alpha value is -0.590.